The Hall–Kier alpha value is -1.64. The summed E-state index contributed by atoms with van der Waals surface area (Å²) in [5.74, 6) is -0.725. The van der Waals surface area contributed by atoms with E-state index >= 15 is 0 Å². The quantitative estimate of drug-likeness (QED) is 0.526. The van der Waals surface area contributed by atoms with E-state index in [1.807, 2.05) is 0 Å². The number of carbonyl (C=O) groups is 1. The first kappa shape index (κ1) is 9.45. The lowest BCUT2D eigenvalue weighted by Gasteiger charge is -2.02. The standard InChI is InChI=1S/C10H9FO2/c1-3-9(12)7-4-5-10(13-2)8(11)6-7/h3-6H,1H2,2H3. The van der Waals surface area contributed by atoms with Gasteiger partial charge >= 0.3 is 0 Å². The Kier molecular flexibility index (Phi) is 2.80. The first-order valence-corrected chi connectivity index (χ1v) is 3.69. The third-order valence-corrected chi connectivity index (χ3v) is 1.62. The van der Waals surface area contributed by atoms with Crippen molar-refractivity contribution >= 4 is 5.78 Å². The second kappa shape index (κ2) is 3.85. The van der Waals surface area contributed by atoms with Crippen LogP contribution in [-0.2, 0) is 0 Å². The molecule has 1 aromatic carbocycles. The molecule has 0 aliphatic rings. The summed E-state index contributed by atoms with van der Waals surface area (Å²) in [5, 5.41) is 0. The molecule has 0 heterocycles. The zero-order valence-corrected chi connectivity index (χ0v) is 7.21. The molecule has 1 rings (SSSR count). The minimum Gasteiger partial charge on any atom is -0.494 e. The molecule has 0 spiro atoms. The summed E-state index contributed by atoms with van der Waals surface area (Å²) in [7, 11) is 1.37. The Morgan fingerprint density at radius 3 is 2.77 bits per heavy atom. The summed E-state index contributed by atoms with van der Waals surface area (Å²) in [6, 6.07) is 4.03. The van der Waals surface area contributed by atoms with Gasteiger partial charge in [0.15, 0.2) is 17.3 Å². The lowest BCUT2D eigenvalue weighted by atomic mass is 10.1. The third-order valence-electron chi connectivity index (χ3n) is 1.62. The van der Waals surface area contributed by atoms with Crippen molar-refractivity contribution in [2.45, 2.75) is 0 Å². The van der Waals surface area contributed by atoms with E-state index in [1.54, 1.807) is 0 Å². The van der Waals surface area contributed by atoms with Crippen molar-refractivity contribution in [3.05, 3.63) is 42.2 Å². The summed E-state index contributed by atoms with van der Waals surface area (Å²) >= 11 is 0. The highest BCUT2D eigenvalue weighted by molar-refractivity contribution is 6.04. The van der Waals surface area contributed by atoms with Gasteiger partial charge in [-0.25, -0.2) is 4.39 Å². The molecule has 0 aliphatic heterocycles. The van der Waals surface area contributed by atoms with E-state index in [1.165, 1.54) is 19.2 Å². The van der Waals surface area contributed by atoms with Crippen LogP contribution in [0.2, 0.25) is 0 Å². The summed E-state index contributed by atoms with van der Waals surface area (Å²) in [5.41, 5.74) is 0.272. The van der Waals surface area contributed by atoms with E-state index in [0.29, 0.717) is 0 Å². The average Bonchev–Trinajstić information content (AvgIpc) is 2.16. The number of allylic oxidation sites excluding steroid dienone is 1. The van der Waals surface area contributed by atoms with Gasteiger partial charge in [0.05, 0.1) is 7.11 Å². The monoisotopic (exact) mass is 180 g/mol. The molecule has 0 bridgehead atoms. The zero-order valence-electron chi connectivity index (χ0n) is 7.21. The van der Waals surface area contributed by atoms with Gasteiger partial charge in [0.1, 0.15) is 0 Å². The first-order valence-electron chi connectivity index (χ1n) is 3.69. The molecule has 1 aromatic rings. The van der Waals surface area contributed by atoms with Crippen LogP contribution >= 0.6 is 0 Å². The summed E-state index contributed by atoms with van der Waals surface area (Å²) < 4.78 is 17.7. The molecule has 2 nitrogen and oxygen atoms in total. The minimum absolute atomic E-state index is 0.126. The SMILES string of the molecule is C=CC(=O)c1ccc(OC)c(F)c1. The Morgan fingerprint density at radius 1 is 1.62 bits per heavy atom. The van der Waals surface area contributed by atoms with Crippen LogP contribution in [0.25, 0.3) is 0 Å². The highest BCUT2D eigenvalue weighted by atomic mass is 19.1. The maximum Gasteiger partial charge on any atom is 0.185 e. The second-order valence-corrected chi connectivity index (χ2v) is 2.42. The summed E-state index contributed by atoms with van der Waals surface area (Å²) in [6.07, 6.45) is 1.14. The van der Waals surface area contributed by atoms with Gasteiger partial charge in [0.2, 0.25) is 0 Å². The first-order chi connectivity index (χ1) is 6.19. The van der Waals surface area contributed by atoms with Gasteiger partial charge in [0.25, 0.3) is 0 Å². The maximum absolute atomic E-state index is 13.0. The lowest BCUT2D eigenvalue weighted by Crippen LogP contribution is -1.96. The average molecular weight is 180 g/mol. The van der Waals surface area contributed by atoms with Crippen molar-refractivity contribution in [2.75, 3.05) is 7.11 Å². The van der Waals surface area contributed by atoms with Gasteiger partial charge in [0, 0.05) is 5.56 Å². The highest BCUT2D eigenvalue weighted by Gasteiger charge is 2.06. The van der Waals surface area contributed by atoms with Crippen molar-refractivity contribution in [1.82, 2.24) is 0 Å². The molecule has 0 radical (unpaired) electrons. The van der Waals surface area contributed by atoms with Crippen LogP contribution in [0.1, 0.15) is 10.4 Å². The number of rotatable bonds is 3. The molecule has 0 saturated heterocycles. The number of hydrogen-bond acceptors (Lipinski definition) is 2. The molecule has 0 aliphatic carbocycles. The molecule has 68 valence electrons. The van der Waals surface area contributed by atoms with Gasteiger partial charge in [-0.05, 0) is 24.3 Å². The van der Waals surface area contributed by atoms with E-state index in [9.17, 15) is 9.18 Å². The zero-order chi connectivity index (χ0) is 9.84. The third kappa shape index (κ3) is 1.93. The van der Waals surface area contributed by atoms with Crippen LogP contribution in [0.15, 0.2) is 30.9 Å². The molecule has 13 heavy (non-hydrogen) atoms. The Bertz CT molecular complexity index is 345. The van der Waals surface area contributed by atoms with E-state index in [4.69, 9.17) is 4.74 Å². The van der Waals surface area contributed by atoms with Crippen LogP contribution in [0.5, 0.6) is 5.75 Å². The molecule has 0 unspecified atom stereocenters. The largest absolute Gasteiger partial charge is 0.494 e. The van der Waals surface area contributed by atoms with Crippen molar-refractivity contribution < 1.29 is 13.9 Å². The molecule has 0 amide bonds. The van der Waals surface area contributed by atoms with Crippen LogP contribution in [-0.4, -0.2) is 12.9 Å². The Balaban J connectivity index is 3.09. The number of carbonyl (C=O) groups excluding carboxylic acids is 1. The predicted molar refractivity (Wildman–Crippen MR) is 47.5 cm³/mol. The molecule has 0 atom stereocenters. The molecule has 0 aromatic heterocycles. The highest BCUT2D eigenvalue weighted by Crippen LogP contribution is 2.17. The fraction of sp³-hybridized carbons (Fsp3) is 0.100. The number of benzene rings is 1. The van der Waals surface area contributed by atoms with Gasteiger partial charge < -0.3 is 4.74 Å². The number of methoxy groups -OCH3 is 1. The fourth-order valence-corrected chi connectivity index (χ4v) is 0.937. The van der Waals surface area contributed by atoms with Gasteiger partial charge in [-0.3, -0.25) is 4.79 Å². The number of ether oxygens (including phenoxy) is 1. The minimum atomic E-state index is -0.546. The number of ketones is 1. The van der Waals surface area contributed by atoms with E-state index in [-0.39, 0.29) is 17.1 Å². The lowest BCUT2D eigenvalue weighted by molar-refractivity contribution is 0.104. The molecular weight excluding hydrogens is 171 g/mol. The van der Waals surface area contributed by atoms with E-state index < -0.39 is 5.82 Å². The van der Waals surface area contributed by atoms with Crippen molar-refractivity contribution in [3.8, 4) is 5.75 Å². The molecule has 0 fully saturated rings. The smallest absolute Gasteiger partial charge is 0.185 e. The van der Waals surface area contributed by atoms with Crippen molar-refractivity contribution in [3.63, 3.8) is 0 Å². The van der Waals surface area contributed by atoms with Crippen LogP contribution in [0.4, 0.5) is 4.39 Å². The van der Waals surface area contributed by atoms with Crippen molar-refractivity contribution in [1.29, 1.82) is 0 Å². The molecule has 0 saturated carbocycles. The Morgan fingerprint density at radius 2 is 2.31 bits per heavy atom. The number of halogens is 1. The Labute approximate surface area is 75.6 Å². The molecular formula is C10H9FO2. The van der Waals surface area contributed by atoms with Crippen LogP contribution in [0, 0.1) is 5.82 Å². The topological polar surface area (TPSA) is 26.3 Å². The molecule has 3 heteroatoms. The van der Waals surface area contributed by atoms with E-state index in [2.05, 4.69) is 6.58 Å². The second-order valence-electron chi connectivity index (χ2n) is 2.42. The fourth-order valence-electron chi connectivity index (χ4n) is 0.937. The predicted octanol–water partition coefficient (Wildman–Crippen LogP) is 2.20. The maximum atomic E-state index is 13.0. The van der Waals surface area contributed by atoms with Crippen LogP contribution in [0.3, 0.4) is 0 Å². The van der Waals surface area contributed by atoms with Gasteiger partial charge in [-0.2, -0.15) is 0 Å². The summed E-state index contributed by atoms with van der Waals surface area (Å²) in [4.78, 5) is 11.0. The van der Waals surface area contributed by atoms with Crippen molar-refractivity contribution in [2.24, 2.45) is 0 Å². The van der Waals surface area contributed by atoms with Gasteiger partial charge in [-0.1, -0.05) is 6.58 Å². The van der Waals surface area contributed by atoms with E-state index in [0.717, 1.165) is 12.1 Å². The molecule has 0 N–H and O–H groups in total. The summed E-state index contributed by atoms with van der Waals surface area (Å²) in [6.45, 7) is 3.31. The van der Waals surface area contributed by atoms with Crippen LogP contribution < -0.4 is 4.74 Å². The number of hydrogen-bond donors (Lipinski definition) is 0. The van der Waals surface area contributed by atoms with Gasteiger partial charge in [-0.15, -0.1) is 0 Å². The normalized spacial score (nSPS) is 9.38.